The van der Waals surface area contributed by atoms with Crippen molar-refractivity contribution < 1.29 is 23.6 Å². The molecule has 2 aromatic carbocycles. The Hall–Kier alpha value is -3.46. The fraction of sp³-hybridized carbons (Fsp3) is 0.200. The molecule has 8 nitrogen and oxygen atoms in total. The minimum Gasteiger partial charge on any atom is -0.326 e. The van der Waals surface area contributed by atoms with Crippen LogP contribution in [0, 0.1) is 5.82 Å². The minimum absolute atomic E-state index is 0.210. The summed E-state index contributed by atoms with van der Waals surface area (Å²) >= 11 is 6.07. The Kier molecular flexibility index (Phi) is 5.75. The lowest BCUT2D eigenvalue weighted by Gasteiger charge is -2.22. The zero-order valence-electron chi connectivity index (χ0n) is 16.1. The lowest BCUT2D eigenvalue weighted by molar-refractivity contribution is -0.133. The molecule has 10 heteroatoms. The maximum atomic E-state index is 13.2. The predicted molar refractivity (Wildman–Crippen MR) is 108 cm³/mol. The monoisotopic (exact) mass is 432 g/mol. The molecular weight excluding hydrogens is 415 g/mol. The second-order valence-electron chi connectivity index (χ2n) is 6.88. The molecule has 30 heavy (non-hydrogen) atoms. The minimum atomic E-state index is -1.42. The zero-order chi connectivity index (χ0) is 22.1. The number of hydrogen-bond donors (Lipinski definition) is 3. The Bertz CT molecular complexity index is 1040. The van der Waals surface area contributed by atoms with Gasteiger partial charge in [-0.1, -0.05) is 23.7 Å². The van der Waals surface area contributed by atoms with Crippen LogP contribution in [0.4, 0.5) is 20.6 Å². The molecule has 0 spiro atoms. The number of urea groups is 1. The summed E-state index contributed by atoms with van der Waals surface area (Å²) in [5, 5.41) is 7.83. The number of benzene rings is 2. The topological polar surface area (TPSA) is 108 Å². The maximum Gasteiger partial charge on any atom is 0.325 e. The van der Waals surface area contributed by atoms with Crippen molar-refractivity contribution >= 4 is 46.7 Å². The molecule has 1 unspecified atom stereocenters. The van der Waals surface area contributed by atoms with Crippen molar-refractivity contribution in [2.75, 3.05) is 17.2 Å². The standard InChI is InChI=1S/C20H18ClFN4O4/c1-11(27)23-14-7-8-15(21)16(9-14)24-17(28)10-26-18(29)20(2,25-19(26)30)12-3-5-13(22)6-4-12/h3-9H,10H2,1-2H3,(H,23,27)(H,24,28)(H,25,30). The number of nitrogens with one attached hydrogen (secondary N) is 3. The Morgan fingerprint density at radius 2 is 1.80 bits per heavy atom. The van der Waals surface area contributed by atoms with Crippen molar-refractivity contribution in [1.82, 2.24) is 10.2 Å². The molecule has 1 aliphatic heterocycles. The van der Waals surface area contributed by atoms with Crippen LogP contribution in [0.1, 0.15) is 19.4 Å². The van der Waals surface area contributed by atoms with E-state index in [1.165, 1.54) is 50.2 Å². The number of amides is 5. The molecule has 1 heterocycles. The third kappa shape index (κ3) is 4.25. The van der Waals surface area contributed by atoms with E-state index in [9.17, 15) is 23.6 Å². The molecule has 5 amide bonds. The highest BCUT2D eigenvalue weighted by molar-refractivity contribution is 6.34. The fourth-order valence-electron chi connectivity index (χ4n) is 3.05. The Balaban J connectivity index is 1.74. The van der Waals surface area contributed by atoms with Crippen LogP contribution < -0.4 is 16.0 Å². The number of imide groups is 1. The third-order valence-electron chi connectivity index (χ3n) is 4.56. The predicted octanol–water partition coefficient (Wildman–Crippen LogP) is 2.84. The molecule has 1 aliphatic rings. The van der Waals surface area contributed by atoms with E-state index in [2.05, 4.69) is 16.0 Å². The SMILES string of the molecule is CC(=O)Nc1ccc(Cl)c(NC(=O)CN2C(=O)NC(C)(c3ccc(F)cc3)C2=O)c1. The highest BCUT2D eigenvalue weighted by Crippen LogP contribution is 2.29. The Labute approximate surface area is 176 Å². The largest absolute Gasteiger partial charge is 0.326 e. The normalized spacial score (nSPS) is 18.2. The maximum absolute atomic E-state index is 13.2. The van der Waals surface area contributed by atoms with Crippen LogP contribution in [0.2, 0.25) is 5.02 Å². The smallest absolute Gasteiger partial charge is 0.325 e. The number of halogens is 2. The van der Waals surface area contributed by atoms with E-state index in [0.717, 1.165) is 4.90 Å². The lowest BCUT2D eigenvalue weighted by atomic mass is 9.92. The molecule has 0 aliphatic carbocycles. The summed E-state index contributed by atoms with van der Waals surface area (Å²) in [5.41, 5.74) is -0.410. The first-order valence-electron chi connectivity index (χ1n) is 8.87. The van der Waals surface area contributed by atoms with Gasteiger partial charge in [0.05, 0.1) is 10.7 Å². The van der Waals surface area contributed by atoms with Gasteiger partial charge >= 0.3 is 6.03 Å². The fourth-order valence-corrected chi connectivity index (χ4v) is 3.22. The molecule has 3 N–H and O–H groups in total. The van der Waals surface area contributed by atoms with E-state index in [0.29, 0.717) is 11.3 Å². The second kappa shape index (κ2) is 8.11. The number of hydrogen-bond acceptors (Lipinski definition) is 4. The van der Waals surface area contributed by atoms with E-state index >= 15 is 0 Å². The summed E-state index contributed by atoms with van der Waals surface area (Å²) < 4.78 is 13.2. The van der Waals surface area contributed by atoms with Crippen molar-refractivity contribution in [3.63, 3.8) is 0 Å². The van der Waals surface area contributed by atoms with E-state index in [1.807, 2.05) is 0 Å². The molecule has 0 aromatic heterocycles. The lowest BCUT2D eigenvalue weighted by Crippen LogP contribution is -2.42. The molecule has 3 rings (SSSR count). The molecule has 1 atom stereocenters. The van der Waals surface area contributed by atoms with Gasteiger partial charge in [-0.25, -0.2) is 9.18 Å². The summed E-state index contributed by atoms with van der Waals surface area (Å²) in [4.78, 5) is 49.6. The van der Waals surface area contributed by atoms with Crippen LogP contribution in [-0.4, -0.2) is 35.2 Å². The van der Waals surface area contributed by atoms with E-state index in [1.54, 1.807) is 6.07 Å². The number of rotatable bonds is 5. The van der Waals surface area contributed by atoms with Crippen LogP contribution in [0.5, 0.6) is 0 Å². The second-order valence-corrected chi connectivity index (χ2v) is 7.28. The molecule has 0 radical (unpaired) electrons. The van der Waals surface area contributed by atoms with Crippen molar-refractivity contribution in [2.45, 2.75) is 19.4 Å². The van der Waals surface area contributed by atoms with E-state index in [4.69, 9.17) is 11.6 Å². The van der Waals surface area contributed by atoms with Gasteiger partial charge in [0.2, 0.25) is 11.8 Å². The quantitative estimate of drug-likeness (QED) is 0.631. The number of nitrogens with zero attached hydrogens (tertiary/aromatic N) is 1. The molecule has 1 saturated heterocycles. The average molecular weight is 433 g/mol. The first-order chi connectivity index (χ1) is 14.1. The van der Waals surface area contributed by atoms with Gasteiger partial charge < -0.3 is 16.0 Å². The summed E-state index contributed by atoms with van der Waals surface area (Å²) in [6.45, 7) is 2.26. The van der Waals surface area contributed by atoms with Gasteiger partial charge in [-0.2, -0.15) is 0 Å². The van der Waals surface area contributed by atoms with Crippen LogP contribution in [0.15, 0.2) is 42.5 Å². The first kappa shape index (κ1) is 21.3. The van der Waals surface area contributed by atoms with Crippen molar-refractivity contribution in [3.8, 4) is 0 Å². The van der Waals surface area contributed by atoms with E-state index < -0.39 is 35.7 Å². The average Bonchev–Trinajstić information content (AvgIpc) is 2.88. The van der Waals surface area contributed by atoms with Crippen LogP contribution in [0.3, 0.4) is 0 Å². The van der Waals surface area contributed by atoms with Gasteiger partial charge in [-0.15, -0.1) is 0 Å². The summed E-state index contributed by atoms with van der Waals surface area (Å²) in [6.07, 6.45) is 0. The van der Waals surface area contributed by atoms with Gasteiger partial charge in [0.15, 0.2) is 0 Å². The Morgan fingerprint density at radius 1 is 1.13 bits per heavy atom. The van der Waals surface area contributed by atoms with Crippen LogP contribution in [0.25, 0.3) is 0 Å². The van der Waals surface area contributed by atoms with E-state index in [-0.39, 0.29) is 16.6 Å². The van der Waals surface area contributed by atoms with Crippen molar-refractivity contribution in [2.24, 2.45) is 0 Å². The molecular formula is C20H18ClFN4O4. The highest BCUT2D eigenvalue weighted by atomic mass is 35.5. The number of carbonyl (C=O) groups is 4. The van der Waals surface area contributed by atoms with Gasteiger partial charge in [0, 0.05) is 12.6 Å². The van der Waals surface area contributed by atoms with Crippen LogP contribution >= 0.6 is 11.6 Å². The number of carbonyl (C=O) groups excluding carboxylic acids is 4. The zero-order valence-corrected chi connectivity index (χ0v) is 16.8. The van der Waals surface area contributed by atoms with Gasteiger partial charge in [0.25, 0.3) is 5.91 Å². The van der Waals surface area contributed by atoms with Gasteiger partial charge in [0.1, 0.15) is 17.9 Å². The highest BCUT2D eigenvalue weighted by Gasteiger charge is 2.49. The molecule has 156 valence electrons. The summed E-state index contributed by atoms with van der Waals surface area (Å²) in [5.74, 6) is -2.08. The third-order valence-corrected chi connectivity index (χ3v) is 4.89. The molecule has 0 bridgehead atoms. The van der Waals surface area contributed by atoms with Gasteiger partial charge in [-0.05, 0) is 42.8 Å². The van der Waals surface area contributed by atoms with Gasteiger partial charge in [-0.3, -0.25) is 19.3 Å². The van der Waals surface area contributed by atoms with Crippen molar-refractivity contribution in [1.29, 1.82) is 0 Å². The molecule has 0 saturated carbocycles. The van der Waals surface area contributed by atoms with Crippen molar-refractivity contribution in [3.05, 3.63) is 58.9 Å². The molecule has 1 fully saturated rings. The summed E-state index contributed by atoms with van der Waals surface area (Å²) in [6, 6.07) is 8.90. The summed E-state index contributed by atoms with van der Waals surface area (Å²) in [7, 11) is 0. The molecule has 2 aromatic rings. The first-order valence-corrected chi connectivity index (χ1v) is 9.25. The van der Waals surface area contributed by atoms with Crippen LogP contribution in [-0.2, 0) is 19.9 Å². The number of anilines is 2. The Morgan fingerprint density at radius 3 is 2.43 bits per heavy atom.